The summed E-state index contributed by atoms with van der Waals surface area (Å²) in [6.45, 7) is 0. The van der Waals surface area contributed by atoms with Crippen molar-refractivity contribution in [1.29, 1.82) is 5.26 Å². The van der Waals surface area contributed by atoms with Gasteiger partial charge in [-0.05, 0) is 42.5 Å². The monoisotopic (exact) mass is 267 g/mol. The van der Waals surface area contributed by atoms with Crippen molar-refractivity contribution >= 4 is 23.0 Å². The zero-order valence-electron chi connectivity index (χ0n) is 10.9. The third kappa shape index (κ3) is 2.54. The SMILES string of the molecule is CN(c1ccc(C#N)cc1)c1ccc(N)c(C(=O)O)c1. The normalized spacial score (nSPS) is 9.80. The van der Waals surface area contributed by atoms with Crippen LogP contribution in [-0.2, 0) is 0 Å². The van der Waals surface area contributed by atoms with Crippen LogP contribution in [-0.4, -0.2) is 18.1 Å². The number of benzene rings is 2. The van der Waals surface area contributed by atoms with Crippen LogP contribution in [0.15, 0.2) is 42.5 Å². The number of hydrogen-bond acceptors (Lipinski definition) is 4. The molecular weight excluding hydrogens is 254 g/mol. The lowest BCUT2D eigenvalue weighted by atomic mass is 10.1. The number of carbonyl (C=O) groups is 1. The number of aromatic carboxylic acids is 1. The maximum Gasteiger partial charge on any atom is 0.337 e. The van der Waals surface area contributed by atoms with Crippen molar-refractivity contribution in [3.63, 3.8) is 0 Å². The zero-order valence-corrected chi connectivity index (χ0v) is 10.9. The van der Waals surface area contributed by atoms with Crippen LogP contribution in [0.2, 0.25) is 0 Å². The van der Waals surface area contributed by atoms with Gasteiger partial charge in [-0.1, -0.05) is 0 Å². The molecule has 5 heteroatoms. The molecule has 0 aliphatic rings. The van der Waals surface area contributed by atoms with Gasteiger partial charge >= 0.3 is 5.97 Å². The van der Waals surface area contributed by atoms with Gasteiger partial charge < -0.3 is 15.7 Å². The largest absolute Gasteiger partial charge is 0.478 e. The first kappa shape index (κ1) is 13.4. The molecule has 0 fully saturated rings. The molecule has 0 aliphatic carbocycles. The van der Waals surface area contributed by atoms with E-state index in [9.17, 15) is 4.79 Å². The Morgan fingerprint density at radius 1 is 1.20 bits per heavy atom. The standard InChI is InChI=1S/C15H13N3O2/c1-18(11-4-2-10(9-16)3-5-11)12-6-7-14(17)13(8-12)15(19)20/h2-8H,17H2,1H3,(H,19,20). The van der Waals surface area contributed by atoms with E-state index < -0.39 is 5.97 Å². The molecular formula is C15H13N3O2. The topological polar surface area (TPSA) is 90.4 Å². The van der Waals surface area contributed by atoms with Gasteiger partial charge in [0.05, 0.1) is 17.2 Å². The summed E-state index contributed by atoms with van der Waals surface area (Å²) in [4.78, 5) is 12.9. The minimum absolute atomic E-state index is 0.0722. The van der Waals surface area contributed by atoms with Crippen LogP contribution in [0, 0.1) is 11.3 Å². The van der Waals surface area contributed by atoms with Gasteiger partial charge in [-0.2, -0.15) is 5.26 Å². The average molecular weight is 267 g/mol. The number of nitriles is 1. The third-order valence-electron chi connectivity index (χ3n) is 3.04. The van der Waals surface area contributed by atoms with Crippen LogP contribution in [0.25, 0.3) is 0 Å². The highest BCUT2D eigenvalue weighted by molar-refractivity contribution is 5.95. The third-order valence-corrected chi connectivity index (χ3v) is 3.04. The first-order valence-electron chi connectivity index (χ1n) is 5.89. The molecule has 2 aromatic carbocycles. The predicted molar refractivity (Wildman–Crippen MR) is 77.0 cm³/mol. The summed E-state index contributed by atoms with van der Waals surface area (Å²) in [7, 11) is 1.82. The molecule has 0 saturated heterocycles. The predicted octanol–water partition coefficient (Wildman–Crippen LogP) is 2.61. The van der Waals surface area contributed by atoms with Gasteiger partial charge in [-0.3, -0.25) is 0 Å². The lowest BCUT2D eigenvalue weighted by molar-refractivity contribution is 0.0698. The second-order valence-electron chi connectivity index (χ2n) is 4.29. The molecule has 0 atom stereocenters. The molecule has 0 amide bonds. The van der Waals surface area contributed by atoms with Gasteiger partial charge in [-0.25, -0.2) is 4.79 Å². The van der Waals surface area contributed by atoms with Crippen molar-refractivity contribution in [2.75, 3.05) is 17.7 Å². The van der Waals surface area contributed by atoms with Gasteiger partial charge in [0.15, 0.2) is 0 Å². The maximum atomic E-state index is 11.1. The summed E-state index contributed by atoms with van der Waals surface area (Å²) >= 11 is 0. The average Bonchev–Trinajstić information content (AvgIpc) is 2.47. The summed E-state index contributed by atoms with van der Waals surface area (Å²) in [5.74, 6) is -1.06. The van der Waals surface area contributed by atoms with Crippen LogP contribution >= 0.6 is 0 Å². The Balaban J connectivity index is 2.37. The summed E-state index contributed by atoms with van der Waals surface area (Å²) < 4.78 is 0. The zero-order chi connectivity index (χ0) is 14.7. The lowest BCUT2D eigenvalue weighted by Crippen LogP contribution is -2.11. The Labute approximate surface area is 116 Å². The molecule has 0 saturated carbocycles. The van der Waals surface area contributed by atoms with Gasteiger partial charge in [0.25, 0.3) is 0 Å². The van der Waals surface area contributed by atoms with Crippen LogP contribution < -0.4 is 10.6 Å². The van der Waals surface area contributed by atoms with E-state index >= 15 is 0 Å². The Bertz CT molecular complexity index is 687. The van der Waals surface area contributed by atoms with Crippen LogP contribution in [0.3, 0.4) is 0 Å². The van der Waals surface area contributed by atoms with Crippen molar-refractivity contribution in [3.05, 3.63) is 53.6 Å². The minimum Gasteiger partial charge on any atom is -0.478 e. The van der Waals surface area contributed by atoms with Crippen LogP contribution in [0.1, 0.15) is 15.9 Å². The molecule has 0 heterocycles. The van der Waals surface area contributed by atoms with E-state index in [4.69, 9.17) is 16.1 Å². The lowest BCUT2D eigenvalue weighted by Gasteiger charge is -2.20. The number of carboxylic acids is 1. The number of nitrogens with two attached hydrogens (primary N) is 1. The van der Waals surface area contributed by atoms with E-state index in [0.29, 0.717) is 11.3 Å². The first-order chi connectivity index (χ1) is 9.52. The van der Waals surface area contributed by atoms with Crippen LogP contribution in [0.4, 0.5) is 17.1 Å². The molecule has 0 unspecified atom stereocenters. The molecule has 3 N–H and O–H groups in total. The summed E-state index contributed by atoms with van der Waals surface area (Å²) in [5, 5.41) is 17.8. The van der Waals surface area contributed by atoms with Gasteiger partial charge in [-0.15, -0.1) is 0 Å². The van der Waals surface area contributed by atoms with Crippen molar-refractivity contribution in [2.24, 2.45) is 0 Å². The van der Waals surface area contributed by atoms with Crippen molar-refractivity contribution in [3.8, 4) is 6.07 Å². The number of nitrogens with zero attached hydrogens (tertiary/aromatic N) is 2. The van der Waals surface area contributed by atoms with E-state index in [-0.39, 0.29) is 11.3 Å². The fourth-order valence-corrected chi connectivity index (χ4v) is 1.85. The Kier molecular flexibility index (Phi) is 3.58. The van der Waals surface area contributed by atoms with E-state index in [2.05, 4.69) is 6.07 Å². The molecule has 0 spiro atoms. The molecule has 2 rings (SSSR count). The van der Waals surface area contributed by atoms with Gasteiger partial charge in [0.1, 0.15) is 0 Å². The van der Waals surface area contributed by atoms with E-state index in [0.717, 1.165) is 5.69 Å². The Hall–Kier alpha value is -3.00. The molecule has 2 aromatic rings. The van der Waals surface area contributed by atoms with E-state index in [1.165, 1.54) is 6.07 Å². The highest BCUT2D eigenvalue weighted by Crippen LogP contribution is 2.26. The maximum absolute atomic E-state index is 11.1. The molecule has 0 radical (unpaired) electrons. The van der Waals surface area contributed by atoms with Crippen molar-refractivity contribution in [2.45, 2.75) is 0 Å². The molecule has 20 heavy (non-hydrogen) atoms. The van der Waals surface area contributed by atoms with Crippen LogP contribution in [0.5, 0.6) is 0 Å². The summed E-state index contributed by atoms with van der Waals surface area (Å²) in [6.07, 6.45) is 0. The number of hydrogen-bond donors (Lipinski definition) is 2. The molecule has 0 aromatic heterocycles. The second-order valence-corrected chi connectivity index (χ2v) is 4.29. The van der Waals surface area contributed by atoms with E-state index in [1.807, 2.05) is 11.9 Å². The fraction of sp³-hybridized carbons (Fsp3) is 0.0667. The molecule has 0 bridgehead atoms. The highest BCUT2D eigenvalue weighted by atomic mass is 16.4. The second kappa shape index (κ2) is 5.33. The first-order valence-corrected chi connectivity index (χ1v) is 5.89. The fourth-order valence-electron chi connectivity index (χ4n) is 1.85. The van der Waals surface area contributed by atoms with E-state index in [1.54, 1.807) is 36.4 Å². The molecule has 100 valence electrons. The van der Waals surface area contributed by atoms with Crippen molar-refractivity contribution in [1.82, 2.24) is 0 Å². The van der Waals surface area contributed by atoms with Gasteiger partial charge in [0.2, 0.25) is 0 Å². The molecule has 0 aliphatic heterocycles. The van der Waals surface area contributed by atoms with Crippen molar-refractivity contribution < 1.29 is 9.90 Å². The Morgan fingerprint density at radius 2 is 1.80 bits per heavy atom. The Morgan fingerprint density at radius 3 is 2.35 bits per heavy atom. The number of anilines is 3. The highest BCUT2D eigenvalue weighted by Gasteiger charge is 2.11. The number of carboxylic acid groups (broad SMARTS) is 1. The molecule has 5 nitrogen and oxygen atoms in total. The smallest absolute Gasteiger partial charge is 0.337 e. The van der Waals surface area contributed by atoms with Gasteiger partial charge in [0, 0.05) is 24.1 Å². The minimum atomic E-state index is -1.06. The number of nitrogen functional groups attached to an aromatic ring is 1. The summed E-state index contributed by atoms with van der Waals surface area (Å²) in [5.41, 5.74) is 8.07. The number of rotatable bonds is 3. The summed E-state index contributed by atoms with van der Waals surface area (Å²) in [6, 6.07) is 13.9. The quantitative estimate of drug-likeness (QED) is 0.834.